The second-order valence-corrected chi connectivity index (χ2v) is 4.73. The number of rotatable bonds is 4. The SMILES string of the molecule is CSCCNC(=O)c1sc(N)nc1C. The molecule has 4 nitrogen and oxygen atoms in total. The molecule has 1 aromatic rings. The molecule has 0 atom stereocenters. The van der Waals surface area contributed by atoms with Crippen molar-refractivity contribution in [3.63, 3.8) is 0 Å². The van der Waals surface area contributed by atoms with Crippen LogP contribution in [0.5, 0.6) is 0 Å². The fraction of sp³-hybridized carbons (Fsp3) is 0.500. The van der Waals surface area contributed by atoms with Crippen LogP contribution in [0.25, 0.3) is 0 Å². The molecule has 0 radical (unpaired) electrons. The topological polar surface area (TPSA) is 68.0 Å². The predicted octanol–water partition coefficient (Wildman–Crippen LogP) is 1.13. The number of aryl methyl sites for hydroxylation is 1. The van der Waals surface area contributed by atoms with E-state index in [-0.39, 0.29) is 5.91 Å². The number of hydrogen-bond donors (Lipinski definition) is 2. The first-order valence-corrected chi connectivity index (χ1v) is 6.36. The number of thiazole rings is 1. The fourth-order valence-corrected chi connectivity index (χ4v) is 2.03. The number of carbonyl (C=O) groups is 1. The molecular formula is C8H13N3OS2. The standard InChI is InChI=1S/C8H13N3OS2/c1-5-6(14-8(9)11-5)7(12)10-3-4-13-2/h3-4H2,1-2H3,(H2,9,11)(H,10,12). The number of nitrogen functional groups attached to an aromatic ring is 1. The van der Waals surface area contributed by atoms with Crippen LogP contribution in [-0.4, -0.2) is 29.4 Å². The number of amides is 1. The van der Waals surface area contributed by atoms with Gasteiger partial charge in [0.25, 0.3) is 5.91 Å². The van der Waals surface area contributed by atoms with E-state index in [1.54, 1.807) is 18.7 Å². The molecule has 0 saturated heterocycles. The maximum Gasteiger partial charge on any atom is 0.263 e. The van der Waals surface area contributed by atoms with Crippen LogP contribution in [-0.2, 0) is 0 Å². The summed E-state index contributed by atoms with van der Waals surface area (Å²) in [4.78, 5) is 16.2. The van der Waals surface area contributed by atoms with Crippen LogP contribution in [0, 0.1) is 6.92 Å². The zero-order chi connectivity index (χ0) is 10.6. The van der Waals surface area contributed by atoms with Gasteiger partial charge in [-0.25, -0.2) is 4.98 Å². The number of thioether (sulfide) groups is 1. The molecule has 0 aliphatic rings. The Labute approximate surface area is 91.3 Å². The molecule has 0 aromatic carbocycles. The summed E-state index contributed by atoms with van der Waals surface area (Å²) in [6.07, 6.45) is 2.00. The Morgan fingerprint density at radius 2 is 2.43 bits per heavy atom. The van der Waals surface area contributed by atoms with Gasteiger partial charge in [-0.2, -0.15) is 11.8 Å². The second kappa shape index (κ2) is 5.21. The normalized spacial score (nSPS) is 10.1. The molecule has 78 valence electrons. The maximum absolute atomic E-state index is 11.5. The third kappa shape index (κ3) is 2.88. The first kappa shape index (κ1) is 11.3. The molecule has 0 aliphatic heterocycles. The van der Waals surface area contributed by atoms with Crippen molar-refractivity contribution in [3.8, 4) is 0 Å². The number of nitrogens with zero attached hydrogens (tertiary/aromatic N) is 1. The third-order valence-electron chi connectivity index (χ3n) is 1.61. The fourth-order valence-electron chi connectivity index (χ4n) is 0.975. The van der Waals surface area contributed by atoms with Gasteiger partial charge in [0.15, 0.2) is 5.13 Å². The van der Waals surface area contributed by atoms with E-state index < -0.39 is 0 Å². The summed E-state index contributed by atoms with van der Waals surface area (Å²) < 4.78 is 0. The van der Waals surface area contributed by atoms with Gasteiger partial charge in [-0.1, -0.05) is 11.3 Å². The number of aromatic nitrogens is 1. The highest BCUT2D eigenvalue weighted by molar-refractivity contribution is 7.98. The number of hydrogen-bond acceptors (Lipinski definition) is 5. The smallest absolute Gasteiger partial charge is 0.263 e. The lowest BCUT2D eigenvalue weighted by atomic mass is 10.4. The lowest BCUT2D eigenvalue weighted by Gasteiger charge is -2.01. The van der Waals surface area contributed by atoms with E-state index in [1.807, 2.05) is 6.26 Å². The zero-order valence-corrected chi connectivity index (χ0v) is 9.80. The van der Waals surface area contributed by atoms with Crippen molar-refractivity contribution < 1.29 is 4.79 Å². The van der Waals surface area contributed by atoms with E-state index in [0.29, 0.717) is 22.2 Å². The molecule has 1 aromatic heterocycles. The van der Waals surface area contributed by atoms with Gasteiger partial charge in [0.2, 0.25) is 0 Å². The van der Waals surface area contributed by atoms with E-state index in [9.17, 15) is 4.79 Å². The number of anilines is 1. The quantitative estimate of drug-likeness (QED) is 0.762. The van der Waals surface area contributed by atoms with Crippen LogP contribution < -0.4 is 11.1 Å². The van der Waals surface area contributed by atoms with E-state index in [1.165, 1.54) is 11.3 Å². The lowest BCUT2D eigenvalue weighted by molar-refractivity contribution is 0.0959. The molecule has 0 aliphatic carbocycles. The van der Waals surface area contributed by atoms with Gasteiger partial charge in [-0.15, -0.1) is 0 Å². The summed E-state index contributed by atoms with van der Waals surface area (Å²) in [6, 6.07) is 0. The van der Waals surface area contributed by atoms with Crippen LogP contribution in [0.4, 0.5) is 5.13 Å². The molecule has 0 spiro atoms. The minimum Gasteiger partial charge on any atom is -0.375 e. The average molecular weight is 231 g/mol. The Morgan fingerprint density at radius 3 is 2.93 bits per heavy atom. The van der Waals surface area contributed by atoms with E-state index >= 15 is 0 Å². The summed E-state index contributed by atoms with van der Waals surface area (Å²) in [5.74, 6) is 0.838. The molecule has 0 saturated carbocycles. The third-order valence-corrected chi connectivity index (χ3v) is 3.21. The van der Waals surface area contributed by atoms with Crippen molar-refractivity contribution in [1.82, 2.24) is 10.3 Å². The van der Waals surface area contributed by atoms with Crippen molar-refractivity contribution in [2.75, 3.05) is 24.3 Å². The van der Waals surface area contributed by atoms with Gasteiger partial charge in [0.05, 0.1) is 5.69 Å². The van der Waals surface area contributed by atoms with Gasteiger partial charge >= 0.3 is 0 Å². The van der Waals surface area contributed by atoms with E-state index in [2.05, 4.69) is 10.3 Å². The first-order chi connectivity index (χ1) is 6.65. The van der Waals surface area contributed by atoms with Crippen molar-refractivity contribution >= 4 is 34.1 Å². The molecule has 1 heterocycles. The molecule has 14 heavy (non-hydrogen) atoms. The highest BCUT2D eigenvalue weighted by atomic mass is 32.2. The highest BCUT2D eigenvalue weighted by Crippen LogP contribution is 2.19. The average Bonchev–Trinajstić information content (AvgIpc) is 2.45. The van der Waals surface area contributed by atoms with Crippen LogP contribution in [0.3, 0.4) is 0 Å². The first-order valence-electron chi connectivity index (χ1n) is 4.15. The molecule has 1 amide bonds. The number of nitrogens with two attached hydrogens (primary N) is 1. The van der Waals surface area contributed by atoms with Gasteiger partial charge in [0.1, 0.15) is 4.88 Å². The molecule has 0 fully saturated rings. The van der Waals surface area contributed by atoms with Gasteiger partial charge in [0, 0.05) is 12.3 Å². The molecule has 3 N–H and O–H groups in total. The minimum atomic E-state index is -0.0780. The van der Waals surface area contributed by atoms with Gasteiger partial charge < -0.3 is 11.1 Å². The minimum absolute atomic E-state index is 0.0780. The molecule has 0 bridgehead atoms. The predicted molar refractivity (Wildman–Crippen MR) is 62.0 cm³/mol. The van der Waals surface area contributed by atoms with Gasteiger partial charge in [-0.05, 0) is 13.2 Å². The highest BCUT2D eigenvalue weighted by Gasteiger charge is 2.12. The summed E-state index contributed by atoms with van der Waals surface area (Å²) >= 11 is 2.92. The summed E-state index contributed by atoms with van der Waals surface area (Å²) in [7, 11) is 0. The van der Waals surface area contributed by atoms with Crippen LogP contribution >= 0.6 is 23.1 Å². The second-order valence-electron chi connectivity index (χ2n) is 2.72. The monoisotopic (exact) mass is 231 g/mol. The number of nitrogens with one attached hydrogen (secondary N) is 1. The van der Waals surface area contributed by atoms with Crippen LogP contribution in [0.1, 0.15) is 15.4 Å². The largest absolute Gasteiger partial charge is 0.375 e. The molecule has 6 heteroatoms. The van der Waals surface area contributed by atoms with Crippen LogP contribution in [0.15, 0.2) is 0 Å². The van der Waals surface area contributed by atoms with Crippen molar-refractivity contribution in [1.29, 1.82) is 0 Å². The number of carbonyl (C=O) groups excluding carboxylic acids is 1. The van der Waals surface area contributed by atoms with E-state index in [4.69, 9.17) is 5.73 Å². The molecule has 0 unspecified atom stereocenters. The van der Waals surface area contributed by atoms with Crippen molar-refractivity contribution in [3.05, 3.63) is 10.6 Å². The molecule has 1 rings (SSSR count). The lowest BCUT2D eigenvalue weighted by Crippen LogP contribution is -2.25. The summed E-state index contributed by atoms with van der Waals surface area (Å²) in [5, 5.41) is 3.25. The Morgan fingerprint density at radius 1 is 1.71 bits per heavy atom. The van der Waals surface area contributed by atoms with Gasteiger partial charge in [-0.3, -0.25) is 4.79 Å². The Bertz CT molecular complexity index is 324. The summed E-state index contributed by atoms with van der Waals surface area (Å²) in [5.41, 5.74) is 6.20. The van der Waals surface area contributed by atoms with Crippen molar-refractivity contribution in [2.45, 2.75) is 6.92 Å². The van der Waals surface area contributed by atoms with Crippen molar-refractivity contribution in [2.24, 2.45) is 0 Å². The zero-order valence-electron chi connectivity index (χ0n) is 8.16. The van der Waals surface area contributed by atoms with Crippen LogP contribution in [0.2, 0.25) is 0 Å². The molecular weight excluding hydrogens is 218 g/mol. The Balaban J connectivity index is 2.56. The summed E-state index contributed by atoms with van der Waals surface area (Å²) in [6.45, 7) is 2.47. The van der Waals surface area contributed by atoms with E-state index in [0.717, 1.165) is 5.75 Å². The Kier molecular flexibility index (Phi) is 4.21. The Hall–Kier alpha value is -0.750. The maximum atomic E-state index is 11.5.